The molecule has 1 saturated heterocycles. The fourth-order valence-corrected chi connectivity index (χ4v) is 1.17. The molecule has 98 valence electrons. The first-order chi connectivity index (χ1) is 7.84. The van der Waals surface area contributed by atoms with Crippen LogP contribution in [-0.4, -0.2) is 51.9 Å². The normalized spacial score (nSPS) is 19.9. The number of nitrogens with one attached hydrogen (secondary N) is 1. The highest BCUT2D eigenvalue weighted by Crippen LogP contribution is 2.03. The van der Waals surface area contributed by atoms with Gasteiger partial charge in [-0.2, -0.15) is 0 Å². The minimum atomic E-state index is -1.29. The molecule has 0 radical (unpaired) electrons. The molecule has 8 nitrogen and oxygen atoms in total. The molecule has 1 aliphatic heterocycles. The van der Waals surface area contributed by atoms with Crippen molar-refractivity contribution in [3.05, 3.63) is 0 Å². The summed E-state index contributed by atoms with van der Waals surface area (Å²) in [6.45, 7) is 0.858. The number of hydrogen-bond acceptors (Lipinski definition) is 5. The Morgan fingerprint density at radius 2 is 1.88 bits per heavy atom. The first kappa shape index (κ1) is 15.3. The second kappa shape index (κ2) is 7.58. The zero-order chi connectivity index (χ0) is 13.4. The average Bonchev–Trinajstić information content (AvgIpc) is 2.69. The van der Waals surface area contributed by atoms with Crippen molar-refractivity contribution in [1.82, 2.24) is 5.32 Å². The van der Waals surface area contributed by atoms with Gasteiger partial charge in [-0.05, 0) is 19.4 Å². The number of nitrogens with two attached hydrogens (primary N) is 1. The Hall–Kier alpha value is -1.67. The molecule has 1 fully saturated rings. The maximum absolute atomic E-state index is 10.1. The Balaban J connectivity index is 0.000000302. The van der Waals surface area contributed by atoms with Gasteiger partial charge >= 0.3 is 17.9 Å². The van der Waals surface area contributed by atoms with Crippen LogP contribution in [0.4, 0.5) is 0 Å². The Morgan fingerprint density at radius 3 is 2.06 bits per heavy atom. The molecular weight excluding hydrogens is 232 g/mol. The zero-order valence-electron chi connectivity index (χ0n) is 9.13. The molecule has 0 spiro atoms. The van der Waals surface area contributed by atoms with Crippen LogP contribution in [0.15, 0.2) is 0 Å². The van der Waals surface area contributed by atoms with E-state index >= 15 is 0 Å². The van der Waals surface area contributed by atoms with Gasteiger partial charge in [0.15, 0.2) is 0 Å². The Morgan fingerprint density at radius 1 is 1.29 bits per heavy atom. The van der Waals surface area contributed by atoms with Crippen molar-refractivity contribution in [2.75, 3.05) is 6.54 Å². The third kappa shape index (κ3) is 7.25. The van der Waals surface area contributed by atoms with E-state index in [4.69, 9.17) is 21.1 Å². The summed E-state index contributed by atoms with van der Waals surface area (Å²) in [7, 11) is 0. The number of aliphatic carboxylic acids is 3. The molecule has 0 aromatic rings. The summed E-state index contributed by atoms with van der Waals surface area (Å²) in [5.41, 5.74) is 4.84. The van der Waals surface area contributed by atoms with Crippen molar-refractivity contribution in [1.29, 1.82) is 0 Å². The standard InChI is InChI=1S/C5H9NO2.C4H7NO4/c7-5(8)4-2-1-3-6-4;5-2(4(8)9)1-3(6)7/h4,6H,1-3H2,(H,7,8);2H,1,5H2,(H,6,7)(H,8,9)/t4-;2-/m00/s1. The largest absolute Gasteiger partial charge is 0.481 e. The van der Waals surface area contributed by atoms with Crippen molar-refractivity contribution in [3.8, 4) is 0 Å². The van der Waals surface area contributed by atoms with Gasteiger partial charge in [-0.15, -0.1) is 0 Å². The van der Waals surface area contributed by atoms with Gasteiger partial charge in [0.05, 0.1) is 6.42 Å². The van der Waals surface area contributed by atoms with E-state index in [1.165, 1.54) is 0 Å². The van der Waals surface area contributed by atoms with Crippen molar-refractivity contribution < 1.29 is 29.7 Å². The fourth-order valence-electron chi connectivity index (χ4n) is 1.17. The molecule has 1 rings (SSSR count). The first-order valence-corrected chi connectivity index (χ1v) is 5.01. The molecule has 6 N–H and O–H groups in total. The maximum atomic E-state index is 10.1. The van der Waals surface area contributed by atoms with Crippen LogP contribution in [0, 0.1) is 0 Å². The topological polar surface area (TPSA) is 150 Å². The lowest BCUT2D eigenvalue weighted by molar-refractivity contribution is -0.144. The van der Waals surface area contributed by atoms with Gasteiger partial charge in [0, 0.05) is 0 Å². The third-order valence-corrected chi connectivity index (χ3v) is 2.07. The van der Waals surface area contributed by atoms with Crippen molar-refractivity contribution in [2.24, 2.45) is 5.73 Å². The molecule has 2 atom stereocenters. The van der Waals surface area contributed by atoms with Crippen LogP contribution in [0.1, 0.15) is 19.3 Å². The summed E-state index contributed by atoms with van der Waals surface area (Å²) < 4.78 is 0. The first-order valence-electron chi connectivity index (χ1n) is 5.01. The van der Waals surface area contributed by atoms with Crippen LogP contribution in [0.2, 0.25) is 0 Å². The van der Waals surface area contributed by atoms with Crippen LogP contribution in [0.3, 0.4) is 0 Å². The van der Waals surface area contributed by atoms with Crippen LogP contribution >= 0.6 is 0 Å². The summed E-state index contributed by atoms with van der Waals surface area (Å²) in [5.74, 6) is -3.22. The second-order valence-electron chi connectivity index (χ2n) is 3.53. The van der Waals surface area contributed by atoms with Gasteiger partial charge in [-0.1, -0.05) is 0 Å². The van der Waals surface area contributed by atoms with E-state index in [-0.39, 0.29) is 6.04 Å². The van der Waals surface area contributed by atoms with Crippen molar-refractivity contribution in [2.45, 2.75) is 31.3 Å². The molecular formula is C9H16N2O6. The summed E-state index contributed by atoms with van der Waals surface area (Å²) in [5, 5.41) is 27.2. The van der Waals surface area contributed by atoms with Gasteiger partial charge in [0.1, 0.15) is 12.1 Å². The van der Waals surface area contributed by atoms with E-state index in [1.807, 2.05) is 0 Å². The van der Waals surface area contributed by atoms with E-state index < -0.39 is 30.4 Å². The van der Waals surface area contributed by atoms with Crippen LogP contribution in [0.5, 0.6) is 0 Å². The SMILES string of the molecule is N[C@@H](CC(=O)O)C(=O)O.O=C(O)[C@@H]1CCCN1. The van der Waals surface area contributed by atoms with Crippen molar-refractivity contribution >= 4 is 17.9 Å². The molecule has 0 aromatic carbocycles. The Labute approximate surface area is 97.4 Å². The Kier molecular flexibility index (Phi) is 6.83. The minimum Gasteiger partial charge on any atom is -0.481 e. The molecule has 0 saturated carbocycles. The van der Waals surface area contributed by atoms with Crippen LogP contribution in [0.25, 0.3) is 0 Å². The predicted octanol–water partition coefficient (Wildman–Crippen LogP) is -1.30. The summed E-state index contributed by atoms with van der Waals surface area (Å²) in [6.07, 6.45) is 1.25. The zero-order valence-corrected chi connectivity index (χ0v) is 9.13. The van der Waals surface area contributed by atoms with Crippen LogP contribution < -0.4 is 11.1 Å². The van der Waals surface area contributed by atoms with Crippen molar-refractivity contribution in [3.63, 3.8) is 0 Å². The number of carboxylic acids is 3. The monoisotopic (exact) mass is 248 g/mol. The maximum Gasteiger partial charge on any atom is 0.321 e. The quantitative estimate of drug-likeness (QED) is 0.411. The van der Waals surface area contributed by atoms with E-state index in [1.54, 1.807) is 0 Å². The van der Waals surface area contributed by atoms with E-state index in [2.05, 4.69) is 5.32 Å². The average molecular weight is 248 g/mol. The lowest BCUT2D eigenvalue weighted by Gasteiger charge is -1.99. The summed E-state index contributed by atoms with van der Waals surface area (Å²) >= 11 is 0. The minimum absolute atomic E-state index is 0.269. The number of hydrogen-bond donors (Lipinski definition) is 5. The summed E-state index contributed by atoms with van der Waals surface area (Å²) in [6, 6.07) is -1.56. The number of rotatable bonds is 4. The molecule has 8 heteroatoms. The molecule has 0 aromatic heterocycles. The lowest BCUT2D eigenvalue weighted by Crippen LogP contribution is -2.32. The van der Waals surface area contributed by atoms with E-state index in [0.29, 0.717) is 0 Å². The highest BCUT2D eigenvalue weighted by atomic mass is 16.4. The second-order valence-corrected chi connectivity index (χ2v) is 3.53. The smallest absolute Gasteiger partial charge is 0.321 e. The van der Waals surface area contributed by atoms with E-state index in [9.17, 15) is 14.4 Å². The van der Waals surface area contributed by atoms with Gasteiger partial charge < -0.3 is 26.4 Å². The highest BCUT2D eigenvalue weighted by Gasteiger charge is 2.20. The molecule has 1 heterocycles. The molecule has 0 bridgehead atoms. The fraction of sp³-hybridized carbons (Fsp3) is 0.667. The van der Waals surface area contributed by atoms with E-state index in [0.717, 1.165) is 19.4 Å². The highest BCUT2D eigenvalue weighted by molar-refractivity contribution is 5.80. The lowest BCUT2D eigenvalue weighted by atomic mass is 10.2. The number of carbonyl (C=O) groups is 3. The molecule has 0 amide bonds. The Bertz CT molecular complexity index is 287. The van der Waals surface area contributed by atoms with Gasteiger partial charge in [-0.25, -0.2) is 0 Å². The summed E-state index contributed by atoms with van der Waals surface area (Å²) in [4.78, 5) is 29.8. The molecule has 0 unspecified atom stereocenters. The third-order valence-electron chi connectivity index (χ3n) is 2.07. The van der Waals surface area contributed by atoms with Gasteiger partial charge in [0.25, 0.3) is 0 Å². The number of carboxylic acid groups (broad SMARTS) is 3. The van der Waals surface area contributed by atoms with Gasteiger partial charge in [0.2, 0.25) is 0 Å². The molecule has 17 heavy (non-hydrogen) atoms. The van der Waals surface area contributed by atoms with Gasteiger partial charge in [-0.3, -0.25) is 14.4 Å². The van der Waals surface area contributed by atoms with Crippen LogP contribution in [-0.2, 0) is 14.4 Å². The molecule has 0 aliphatic carbocycles. The predicted molar refractivity (Wildman–Crippen MR) is 56.5 cm³/mol. The molecule has 1 aliphatic rings.